The molecule has 0 radical (unpaired) electrons. The highest BCUT2D eigenvalue weighted by Gasteiger charge is 2.14. The topological polar surface area (TPSA) is 30.7 Å². The van der Waals surface area contributed by atoms with E-state index in [2.05, 4.69) is 10.2 Å². The van der Waals surface area contributed by atoms with E-state index >= 15 is 0 Å². The summed E-state index contributed by atoms with van der Waals surface area (Å²) in [5, 5.41) is 8.08. The van der Waals surface area contributed by atoms with E-state index in [0.717, 1.165) is 18.2 Å². The third-order valence-electron chi connectivity index (χ3n) is 3.25. The van der Waals surface area contributed by atoms with Crippen LogP contribution >= 0.6 is 0 Å². The van der Waals surface area contributed by atoms with Crippen LogP contribution in [0.15, 0.2) is 6.33 Å². The van der Waals surface area contributed by atoms with Crippen LogP contribution in [0.3, 0.4) is 0 Å². The fourth-order valence-electron chi connectivity index (χ4n) is 2.32. The van der Waals surface area contributed by atoms with Gasteiger partial charge in [-0.25, -0.2) is 0 Å². The monoisotopic (exact) mass is 193 g/mol. The molecule has 0 amide bonds. The zero-order valence-corrected chi connectivity index (χ0v) is 8.95. The number of rotatable bonds is 2. The van der Waals surface area contributed by atoms with Crippen LogP contribution < -0.4 is 0 Å². The van der Waals surface area contributed by atoms with Gasteiger partial charge in [0.25, 0.3) is 0 Å². The Kier molecular flexibility index (Phi) is 3.17. The van der Waals surface area contributed by atoms with Gasteiger partial charge in [0.2, 0.25) is 0 Å². The molecule has 78 valence electrons. The molecule has 0 aliphatic heterocycles. The largest absolute Gasteiger partial charge is 0.321 e. The molecule has 0 N–H and O–H groups in total. The highest BCUT2D eigenvalue weighted by Crippen LogP contribution is 2.25. The molecule has 0 spiro atoms. The van der Waals surface area contributed by atoms with Gasteiger partial charge in [-0.2, -0.15) is 0 Å². The summed E-state index contributed by atoms with van der Waals surface area (Å²) < 4.78 is 2.05. The SMILES string of the molecule is Cn1cnnc1CC1CCCCCC1. The van der Waals surface area contributed by atoms with Gasteiger partial charge in [-0.3, -0.25) is 0 Å². The molecule has 0 bridgehead atoms. The lowest BCUT2D eigenvalue weighted by atomic mass is 9.96. The second-order valence-electron chi connectivity index (χ2n) is 4.42. The van der Waals surface area contributed by atoms with Gasteiger partial charge in [-0.1, -0.05) is 38.5 Å². The van der Waals surface area contributed by atoms with Crippen molar-refractivity contribution in [3.8, 4) is 0 Å². The van der Waals surface area contributed by atoms with E-state index < -0.39 is 0 Å². The minimum Gasteiger partial charge on any atom is -0.321 e. The van der Waals surface area contributed by atoms with Gasteiger partial charge < -0.3 is 4.57 Å². The molecule has 1 heterocycles. The maximum absolute atomic E-state index is 4.15. The number of hydrogen-bond donors (Lipinski definition) is 0. The average Bonchev–Trinajstić information content (AvgIpc) is 2.44. The third-order valence-corrected chi connectivity index (χ3v) is 3.25. The van der Waals surface area contributed by atoms with E-state index in [1.54, 1.807) is 6.33 Å². The first kappa shape index (κ1) is 9.69. The Balaban J connectivity index is 1.92. The smallest absolute Gasteiger partial charge is 0.132 e. The predicted molar refractivity (Wildman–Crippen MR) is 55.9 cm³/mol. The molecule has 1 aliphatic carbocycles. The van der Waals surface area contributed by atoms with E-state index in [1.807, 2.05) is 11.6 Å². The molecular formula is C11H19N3. The average molecular weight is 193 g/mol. The number of aryl methyl sites for hydroxylation is 1. The molecular weight excluding hydrogens is 174 g/mol. The fourth-order valence-corrected chi connectivity index (χ4v) is 2.32. The van der Waals surface area contributed by atoms with Crippen molar-refractivity contribution >= 4 is 0 Å². The second-order valence-corrected chi connectivity index (χ2v) is 4.42. The van der Waals surface area contributed by atoms with Crippen molar-refractivity contribution in [1.29, 1.82) is 0 Å². The van der Waals surface area contributed by atoms with Crippen molar-refractivity contribution < 1.29 is 0 Å². The van der Waals surface area contributed by atoms with Crippen molar-refractivity contribution in [3.63, 3.8) is 0 Å². The molecule has 1 fully saturated rings. The Morgan fingerprint density at radius 1 is 1.29 bits per heavy atom. The van der Waals surface area contributed by atoms with E-state index in [0.29, 0.717) is 0 Å². The van der Waals surface area contributed by atoms with E-state index in [-0.39, 0.29) is 0 Å². The summed E-state index contributed by atoms with van der Waals surface area (Å²) in [4.78, 5) is 0. The van der Waals surface area contributed by atoms with Gasteiger partial charge in [-0.15, -0.1) is 10.2 Å². The summed E-state index contributed by atoms with van der Waals surface area (Å²) in [7, 11) is 2.03. The van der Waals surface area contributed by atoms with Crippen LogP contribution in [-0.2, 0) is 13.5 Å². The molecule has 0 saturated heterocycles. The van der Waals surface area contributed by atoms with Crippen molar-refractivity contribution in [1.82, 2.24) is 14.8 Å². The summed E-state index contributed by atoms with van der Waals surface area (Å²) in [5.41, 5.74) is 0. The molecule has 3 nitrogen and oxygen atoms in total. The lowest BCUT2D eigenvalue weighted by Gasteiger charge is -2.12. The number of nitrogens with zero attached hydrogens (tertiary/aromatic N) is 3. The van der Waals surface area contributed by atoms with Crippen LogP contribution in [0.2, 0.25) is 0 Å². The molecule has 3 heteroatoms. The first-order valence-electron chi connectivity index (χ1n) is 5.69. The summed E-state index contributed by atoms with van der Waals surface area (Å²) in [6, 6.07) is 0. The first-order chi connectivity index (χ1) is 6.86. The van der Waals surface area contributed by atoms with Gasteiger partial charge in [-0.05, 0) is 5.92 Å². The Hall–Kier alpha value is -0.860. The zero-order chi connectivity index (χ0) is 9.80. The van der Waals surface area contributed by atoms with Gasteiger partial charge in [0.1, 0.15) is 12.2 Å². The molecule has 1 saturated carbocycles. The minimum atomic E-state index is 0.848. The van der Waals surface area contributed by atoms with Crippen molar-refractivity contribution in [2.45, 2.75) is 44.9 Å². The first-order valence-corrected chi connectivity index (χ1v) is 5.69. The summed E-state index contributed by atoms with van der Waals surface area (Å²) >= 11 is 0. The molecule has 1 aromatic rings. The summed E-state index contributed by atoms with van der Waals surface area (Å²) in [5.74, 6) is 2.00. The van der Waals surface area contributed by atoms with Crippen LogP contribution in [0.5, 0.6) is 0 Å². The van der Waals surface area contributed by atoms with Gasteiger partial charge >= 0.3 is 0 Å². The Labute approximate surface area is 85.5 Å². The van der Waals surface area contributed by atoms with Crippen molar-refractivity contribution in [2.75, 3.05) is 0 Å². The van der Waals surface area contributed by atoms with E-state index in [4.69, 9.17) is 0 Å². The normalized spacial score (nSPS) is 19.5. The third kappa shape index (κ3) is 2.34. The van der Waals surface area contributed by atoms with Crippen LogP contribution in [0, 0.1) is 5.92 Å². The standard InChI is InChI=1S/C11H19N3/c1-14-9-12-13-11(14)8-10-6-4-2-3-5-7-10/h9-10H,2-8H2,1H3. The van der Waals surface area contributed by atoms with Gasteiger partial charge in [0.05, 0.1) is 0 Å². The summed E-state index contributed by atoms with van der Waals surface area (Å²) in [6.07, 6.45) is 11.3. The number of hydrogen-bond acceptors (Lipinski definition) is 2. The minimum absolute atomic E-state index is 0.848. The van der Waals surface area contributed by atoms with Crippen LogP contribution in [0.4, 0.5) is 0 Å². The molecule has 14 heavy (non-hydrogen) atoms. The van der Waals surface area contributed by atoms with Crippen molar-refractivity contribution in [3.05, 3.63) is 12.2 Å². The lowest BCUT2D eigenvalue weighted by Crippen LogP contribution is -2.07. The fraction of sp³-hybridized carbons (Fsp3) is 0.818. The van der Waals surface area contributed by atoms with E-state index in [1.165, 1.54) is 38.5 Å². The van der Waals surface area contributed by atoms with Crippen LogP contribution in [0.1, 0.15) is 44.3 Å². The maximum Gasteiger partial charge on any atom is 0.132 e. The summed E-state index contributed by atoms with van der Waals surface area (Å²) in [6.45, 7) is 0. The van der Waals surface area contributed by atoms with Crippen LogP contribution in [0.25, 0.3) is 0 Å². The van der Waals surface area contributed by atoms with Gasteiger partial charge in [0.15, 0.2) is 0 Å². The molecule has 1 aliphatic rings. The zero-order valence-electron chi connectivity index (χ0n) is 8.95. The predicted octanol–water partition coefficient (Wildman–Crippen LogP) is 2.33. The molecule has 1 aromatic heterocycles. The molecule has 0 aromatic carbocycles. The maximum atomic E-state index is 4.15. The second kappa shape index (κ2) is 4.58. The highest BCUT2D eigenvalue weighted by molar-refractivity contribution is 4.87. The Bertz CT molecular complexity index is 272. The van der Waals surface area contributed by atoms with Gasteiger partial charge in [0, 0.05) is 13.5 Å². The van der Waals surface area contributed by atoms with Crippen molar-refractivity contribution in [2.24, 2.45) is 13.0 Å². The van der Waals surface area contributed by atoms with Crippen LogP contribution in [-0.4, -0.2) is 14.8 Å². The molecule has 0 unspecified atom stereocenters. The molecule has 0 atom stereocenters. The Morgan fingerprint density at radius 2 is 2.00 bits per heavy atom. The molecule has 2 rings (SSSR count). The lowest BCUT2D eigenvalue weighted by molar-refractivity contribution is 0.442. The highest BCUT2D eigenvalue weighted by atomic mass is 15.2. The van der Waals surface area contributed by atoms with E-state index in [9.17, 15) is 0 Å². The quantitative estimate of drug-likeness (QED) is 0.675. The Morgan fingerprint density at radius 3 is 2.57 bits per heavy atom. The number of aromatic nitrogens is 3.